The molecule has 0 rings (SSSR count). The minimum absolute atomic E-state index is 0. The molecule has 0 atom stereocenters. The molecule has 0 fully saturated rings. The van der Waals surface area contributed by atoms with E-state index in [9.17, 15) is 0 Å². The van der Waals surface area contributed by atoms with Gasteiger partial charge in [0.15, 0.2) is 0 Å². The molecule has 2 heteroatoms. The molecule has 0 unspecified atom stereocenters. The Morgan fingerprint density at radius 1 is 0.600 bits per heavy atom. The Morgan fingerprint density at radius 2 is 0.600 bits per heavy atom. The standard InChI is InChI=1S/3CH3.H2O.Ti/h3*1H3;1H2;/q3*-1;;+3. The van der Waals surface area contributed by atoms with Gasteiger partial charge in [0.1, 0.15) is 0 Å². The molecule has 0 amide bonds. The second-order valence-corrected chi connectivity index (χ2v) is 0. The first-order valence-corrected chi connectivity index (χ1v) is 0. The molecule has 0 spiro atoms. The Labute approximate surface area is 50.0 Å². The summed E-state index contributed by atoms with van der Waals surface area (Å²) in [6, 6.07) is 0. The molecular formula is C3H11OTi. The predicted octanol–water partition coefficient (Wildman–Crippen LogP) is 0.524. The Bertz CT molecular complexity index is 6.85. The van der Waals surface area contributed by atoms with E-state index in [4.69, 9.17) is 0 Å². The van der Waals surface area contributed by atoms with Gasteiger partial charge in [-0.15, -0.1) is 0 Å². The van der Waals surface area contributed by atoms with Gasteiger partial charge in [-0.2, -0.15) is 0 Å². The predicted molar refractivity (Wildman–Crippen MR) is 22.9 cm³/mol. The van der Waals surface area contributed by atoms with Crippen molar-refractivity contribution in [1.82, 2.24) is 0 Å². The molecule has 0 aliphatic rings. The summed E-state index contributed by atoms with van der Waals surface area (Å²) in [6.07, 6.45) is 0. The van der Waals surface area contributed by atoms with Crippen molar-refractivity contribution in [2.45, 2.75) is 0 Å². The summed E-state index contributed by atoms with van der Waals surface area (Å²) in [5, 5.41) is 0. The van der Waals surface area contributed by atoms with Crippen molar-refractivity contribution in [1.29, 1.82) is 0 Å². The molecule has 0 aromatic carbocycles. The number of hydrogen-bond donors (Lipinski definition) is 0. The maximum Gasteiger partial charge on any atom is 3.00 e. The quantitative estimate of drug-likeness (QED) is 0.322. The minimum Gasteiger partial charge on any atom is -0.412 e. The third-order valence-corrected chi connectivity index (χ3v) is 0. The molecule has 5 heavy (non-hydrogen) atoms. The topological polar surface area (TPSA) is 31.5 Å². The monoisotopic (exact) mass is 111 g/mol. The van der Waals surface area contributed by atoms with Crippen LogP contribution in [0.4, 0.5) is 0 Å². The molecule has 0 aliphatic heterocycles. The molecule has 0 saturated heterocycles. The average Bonchev–Trinajstić information content (AvgIpc) is 0. The van der Waals surface area contributed by atoms with Crippen LogP contribution in [0.2, 0.25) is 0 Å². The minimum atomic E-state index is 0. The fraction of sp³-hybridized carbons (Fsp3) is 0. The van der Waals surface area contributed by atoms with E-state index in [1.54, 1.807) is 0 Å². The SMILES string of the molecule is O.[CH3-].[CH3-].[CH3-].[Ti+3]. The summed E-state index contributed by atoms with van der Waals surface area (Å²) < 4.78 is 0. The molecule has 33 valence electrons. The normalized spacial score (nSPS) is 0. The molecule has 0 aromatic heterocycles. The molecule has 0 aromatic rings. The van der Waals surface area contributed by atoms with Crippen LogP contribution >= 0.6 is 0 Å². The van der Waals surface area contributed by atoms with Crippen LogP contribution < -0.4 is 0 Å². The van der Waals surface area contributed by atoms with Crippen molar-refractivity contribution in [3.63, 3.8) is 0 Å². The van der Waals surface area contributed by atoms with Gasteiger partial charge in [0.2, 0.25) is 0 Å². The van der Waals surface area contributed by atoms with E-state index in [0.717, 1.165) is 0 Å². The van der Waals surface area contributed by atoms with Gasteiger partial charge in [-0.1, -0.05) is 0 Å². The van der Waals surface area contributed by atoms with E-state index < -0.39 is 0 Å². The zero-order chi connectivity index (χ0) is 0. The van der Waals surface area contributed by atoms with Crippen LogP contribution in [0.15, 0.2) is 0 Å². The van der Waals surface area contributed by atoms with Crippen LogP contribution in [0.25, 0.3) is 0 Å². The largest absolute Gasteiger partial charge is 3.00 e. The van der Waals surface area contributed by atoms with E-state index in [0.29, 0.717) is 0 Å². The van der Waals surface area contributed by atoms with Crippen molar-refractivity contribution in [3.05, 3.63) is 22.3 Å². The maximum atomic E-state index is 0. The van der Waals surface area contributed by atoms with Gasteiger partial charge >= 0.3 is 21.7 Å². The van der Waals surface area contributed by atoms with Crippen LogP contribution in [0, 0.1) is 22.3 Å². The Kier molecular flexibility index (Phi) is 7570. The van der Waals surface area contributed by atoms with E-state index in [-0.39, 0.29) is 49.5 Å². The van der Waals surface area contributed by atoms with Crippen LogP contribution in [0.5, 0.6) is 0 Å². The first kappa shape index (κ1) is 273. The van der Waals surface area contributed by atoms with Crippen LogP contribution in [-0.2, 0) is 21.7 Å². The third-order valence-electron chi connectivity index (χ3n) is 0. The molecule has 2 N–H and O–H groups in total. The summed E-state index contributed by atoms with van der Waals surface area (Å²) in [4.78, 5) is 0. The van der Waals surface area contributed by atoms with Gasteiger partial charge in [0.05, 0.1) is 0 Å². The molecular weight excluding hydrogens is 99.9 g/mol. The van der Waals surface area contributed by atoms with Gasteiger partial charge in [0.25, 0.3) is 0 Å². The van der Waals surface area contributed by atoms with Crippen LogP contribution in [-0.4, -0.2) is 5.48 Å². The summed E-state index contributed by atoms with van der Waals surface area (Å²) >= 11 is 0. The molecule has 0 bridgehead atoms. The van der Waals surface area contributed by atoms with Crippen molar-refractivity contribution in [2.75, 3.05) is 0 Å². The van der Waals surface area contributed by atoms with Crippen LogP contribution in [0.1, 0.15) is 0 Å². The first-order valence-electron chi connectivity index (χ1n) is 0. The number of hydrogen-bond acceptors (Lipinski definition) is 0. The zero-order valence-electron chi connectivity index (χ0n) is 4.00. The van der Waals surface area contributed by atoms with Gasteiger partial charge < -0.3 is 27.8 Å². The van der Waals surface area contributed by atoms with E-state index in [2.05, 4.69) is 0 Å². The maximum absolute atomic E-state index is 0. The molecule has 0 heterocycles. The zero-order valence-corrected chi connectivity index (χ0v) is 5.56. The van der Waals surface area contributed by atoms with E-state index >= 15 is 0 Å². The summed E-state index contributed by atoms with van der Waals surface area (Å²) in [5.41, 5.74) is 0. The summed E-state index contributed by atoms with van der Waals surface area (Å²) in [7, 11) is 0. The first-order chi connectivity index (χ1) is 0. The van der Waals surface area contributed by atoms with E-state index in [1.807, 2.05) is 0 Å². The fourth-order valence-electron chi connectivity index (χ4n) is 0. The van der Waals surface area contributed by atoms with Crippen molar-refractivity contribution in [3.8, 4) is 0 Å². The Hall–Kier alpha value is 0.674. The van der Waals surface area contributed by atoms with Crippen molar-refractivity contribution in [2.24, 2.45) is 0 Å². The Morgan fingerprint density at radius 3 is 0.600 bits per heavy atom. The van der Waals surface area contributed by atoms with Gasteiger partial charge in [-0.05, 0) is 0 Å². The van der Waals surface area contributed by atoms with Gasteiger partial charge in [0, 0.05) is 0 Å². The third kappa shape index (κ3) is 73.5. The Balaban J connectivity index is 0. The summed E-state index contributed by atoms with van der Waals surface area (Å²) in [5.74, 6) is 0. The van der Waals surface area contributed by atoms with Gasteiger partial charge in [-0.3, -0.25) is 0 Å². The second kappa shape index (κ2) is 139. The van der Waals surface area contributed by atoms with E-state index in [1.165, 1.54) is 0 Å². The average molecular weight is 111 g/mol. The van der Waals surface area contributed by atoms with Crippen molar-refractivity contribution >= 4 is 0 Å². The van der Waals surface area contributed by atoms with Crippen LogP contribution in [0.3, 0.4) is 0 Å². The smallest absolute Gasteiger partial charge is 0.412 e. The van der Waals surface area contributed by atoms with Crippen molar-refractivity contribution < 1.29 is 27.2 Å². The second-order valence-electron chi connectivity index (χ2n) is 0. The molecule has 1 nitrogen and oxygen atoms in total. The fourth-order valence-corrected chi connectivity index (χ4v) is 0. The molecule has 1 radical (unpaired) electrons. The molecule has 0 aliphatic carbocycles. The number of rotatable bonds is 0. The summed E-state index contributed by atoms with van der Waals surface area (Å²) in [6.45, 7) is 0. The van der Waals surface area contributed by atoms with Gasteiger partial charge in [-0.25, -0.2) is 0 Å². The molecule has 0 saturated carbocycles.